The molecule has 3 rings (SSSR count). The van der Waals surface area contributed by atoms with Crippen LogP contribution in [-0.4, -0.2) is 34.7 Å². The first-order chi connectivity index (χ1) is 15.3. The third kappa shape index (κ3) is 7.26. The highest BCUT2D eigenvalue weighted by Gasteiger charge is 2.39. The van der Waals surface area contributed by atoms with Crippen LogP contribution < -0.4 is 9.46 Å². The number of ether oxygens (including phenoxy) is 1. The molecule has 4 nitrogen and oxygen atoms in total. The van der Waals surface area contributed by atoms with Crippen LogP contribution in [0.15, 0.2) is 47.4 Å². The highest BCUT2D eigenvalue weighted by atomic mass is 32.2. The molecule has 2 aromatic rings. The Morgan fingerprint density at radius 1 is 1.03 bits per heavy atom. The number of halogens is 6. The Hall–Kier alpha value is -1.95. The maximum Gasteiger partial charge on any atom is 0.416 e. The predicted octanol–water partition coefficient (Wildman–Crippen LogP) is 5.40. The van der Waals surface area contributed by atoms with Gasteiger partial charge in [-0.05, 0) is 44.0 Å². The van der Waals surface area contributed by atoms with Gasteiger partial charge >= 0.3 is 12.4 Å². The maximum absolute atomic E-state index is 13.0. The zero-order valence-corrected chi connectivity index (χ0v) is 18.8. The summed E-state index contributed by atoms with van der Waals surface area (Å²) in [5, 5.41) is 0. The quantitative estimate of drug-likeness (QED) is 0.414. The van der Waals surface area contributed by atoms with Crippen LogP contribution >= 0.6 is 0 Å². The fourth-order valence-electron chi connectivity index (χ4n) is 3.53. The summed E-state index contributed by atoms with van der Waals surface area (Å²) >= 11 is -2.23. The topological polar surface area (TPSA) is 47.6 Å². The maximum atomic E-state index is 13.0. The molecule has 2 atom stereocenters. The molecule has 2 aromatic carbocycles. The number of nitrogens with one attached hydrogen (secondary N) is 1. The Bertz CT molecular complexity index is 902. The molecule has 1 aliphatic heterocycles. The molecule has 1 N–H and O–H groups in total. The van der Waals surface area contributed by atoms with Crippen LogP contribution in [0.3, 0.4) is 0 Å². The monoisotopic (exact) mass is 494 g/mol. The number of rotatable bonds is 7. The van der Waals surface area contributed by atoms with Crippen LogP contribution in [-0.2, 0) is 30.3 Å². The van der Waals surface area contributed by atoms with Crippen LogP contribution in [0.5, 0.6) is 5.75 Å². The molecule has 0 bridgehead atoms. The predicted molar refractivity (Wildman–Crippen MR) is 112 cm³/mol. The van der Waals surface area contributed by atoms with Crippen molar-refractivity contribution in [2.24, 2.45) is 0 Å². The van der Waals surface area contributed by atoms with Gasteiger partial charge in [-0.15, -0.1) is 4.72 Å². The van der Waals surface area contributed by atoms with Gasteiger partial charge < -0.3 is 9.29 Å². The molecule has 11 heteroatoms. The van der Waals surface area contributed by atoms with Crippen molar-refractivity contribution in [3.05, 3.63) is 59.2 Å². The fourth-order valence-corrected chi connectivity index (χ4v) is 4.63. The van der Waals surface area contributed by atoms with E-state index >= 15 is 0 Å². The molecule has 1 aliphatic rings. The molecule has 1 heterocycles. The number of hydrogen-bond donors (Lipinski definition) is 1. The Balaban J connectivity index is 1.63. The molecule has 0 amide bonds. The molecular weight excluding hydrogens is 470 g/mol. The van der Waals surface area contributed by atoms with E-state index in [0.717, 1.165) is 11.3 Å². The first-order valence-electron chi connectivity index (χ1n) is 10.3. The number of likely N-dealkylation sites (tertiary alicyclic amines) is 1. The second kappa shape index (κ2) is 10.1. The van der Waals surface area contributed by atoms with E-state index in [4.69, 9.17) is 4.74 Å². The molecule has 1 fully saturated rings. The normalized spacial score (nSPS) is 18.7. The van der Waals surface area contributed by atoms with E-state index in [1.807, 2.05) is 38.1 Å². The summed E-state index contributed by atoms with van der Waals surface area (Å²) in [5.74, 6) is 0.754. The lowest BCUT2D eigenvalue weighted by atomic mass is 10.1. The Labute approximate surface area is 191 Å². The first kappa shape index (κ1) is 25.7. The summed E-state index contributed by atoms with van der Waals surface area (Å²) in [4.78, 5) is 1.51. The minimum Gasteiger partial charge on any atom is -0.593 e. The lowest BCUT2D eigenvalue weighted by Crippen LogP contribution is -2.37. The zero-order valence-electron chi connectivity index (χ0n) is 18.0. The van der Waals surface area contributed by atoms with Gasteiger partial charge in [0.25, 0.3) is 0 Å². The lowest BCUT2D eigenvalue weighted by molar-refractivity contribution is -0.143. The summed E-state index contributed by atoms with van der Waals surface area (Å²) in [6.45, 7) is 5.57. The van der Waals surface area contributed by atoms with Crippen molar-refractivity contribution in [3.8, 4) is 5.75 Å². The molecular formula is C22H24F6N2O2S. The second-order valence-corrected chi connectivity index (χ2v) is 9.40. The largest absolute Gasteiger partial charge is 0.593 e. The minimum atomic E-state index is -4.99. The average molecular weight is 495 g/mol. The van der Waals surface area contributed by atoms with Gasteiger partial charge in [0.1, 0.15) is 5.75 Å². The molecule has 0 aromatic heterocycles. The van der Waals surface area contributed by atoms with Gasteiger partial charge in [-0.1, -0.05) is 12.1 Å². The van der Waals surface area contributed by atoms with Gasteiger partial charge in [-0.25, -0.2) is 0 Å². The number of hydrogen-bond acceptors (Lipinski definition) is 4. The van der Waals surface area contributed by atoms with Gasteiger partial charge in [-0.2, -0.15) is 26.3 Å². The molecule has 182 valence electrons. The Morgan fingerprint density at radius 3 is 2.12 bits per heavy atom. The summed E-state index contributed by atoms with van der Waals surface area (Å²) in [6, 6.07) is 8.26. The van der Waals surface area contributed by atoms with E-state index in [-0.39, 0.29) is 18.2 Å². The Morgan fingerprint density at radius 2 is 1.61 bits per heavy atom. The highest BCUT2D eigenvalue weighted by Crippen LogP contribution is 2.37. The molecule has 0 saturated carbocycles. The van der Waals surface area contributed by atoms with E-state index in [2.05, 4.69) is 9.62 Å². The van der Waals surface area contributed by atoms with Crippen molar-refractivity contribution in [1.29, 1.82) is 0 Å². The summed E-state index contributed by atoms with van der Waals surface area (Å²) in [7, 11) is 0. The highest BCUT2D eigenvalue weighted by molar-refractivity contribution is 7.89. The standard InChI is InChI=1S/C22H24F6N2O2S/c1-14(2)32-19-5-3-15(4-6-19)12-30-8-7-18(13-30)29-33(31)20-10-16(21(23,24)25)9-17(11-20)22(26,27)28/h3-6,9-11,14,18,29H,7-8,12-13H2,1-2H3/t18-,33+/m1/s1. The lowest BCUT2D eigenvalue weighted by Gasteiger charge is -2.19. The fraction of sp³-hybridized carbons (Fsp3) is 0.455. The van der Waals surface area contributed by atoms with Crippen molar-refractivity contribution in [2.75, 3.05) is 13.1 Å². The molecule has 0 unspecified atom stereocenters. The van der Waals surface area contributed by atoms with E-state index in [1.54, 1.807) is 0 Å². The number of alkyl halides is 6. The third-order valence-electron chi connectivity index (χ3n) is 5.02. The van der Waals surface area contributed by atoms with Crippen molar-refractivity contribution < 1.29 is 35.6 Å². The van der Waals surface area contributed by atoms with Crippen LogP contribution in [0, 0.1) is 0 Å². The van der Waals surface area contributed by atoms with E-state index in [0.29, 0.717) is 38.2 Å². The van der Waals surface area contributed by atoms with Gasteiger partial charge in [0.05, 0.1) is 34.6 Å². The van der Waals surface area contributed by atoms with Crippen molar-refractivity contribution in [1.82, 2.24) is 9.62 Å². The van der Waals surface area contributed by atoms with Gasteiger partial charge in [0, 0.05) is 31.8 Å². The first-order valence-corrected chi connectivity index (χ1v) is 11.4. The van der Waals surface area contributed by atoms with Gasteiger partial charge in [-0.3, -0.25) is 4.90 Å². The Kier molecular flexibility index (Phi) is 7.87. The number of benzene rings is 2. The van der Waals surface area contributed by atoms with Crippen molar-refractivity contribution >= 4 is 11.4 Å². The molecule has 0 aliphatic carbocycles. The summed E-state index contributed by atoms with van der Waals surface area (Å²) in [5.41, 5.74) is -1.94. The average Bonchev–Trinajstić information content (AvgIpc) is 3.14. The zero-order chi connectivity index (χ0) is 24.4. The molecule has 1 saturated heterocycles. The van der Waals surface area contributed by atoms with Crippen molar-refractivity contribution in [2.45, 2.75) is 56.2 Å². The summed E-state index contributed by atoms with van der Waals surface area (Å²) < 4.78 is 99.1. The van der Waals surface area contributed by atoms with Crippen molar-refractivity contribution in [3.63, 3.8) is 0 Å². The molecule has 0 spiro atoms. The van der Waals surface area contributed by atoms with Crippen LogP contribution in [0.25, 0.3) is 0 Å². The van der Waals surface area contributed by atoms with Gasteiger partial charge in [0.2, 0.25) is 0 Å². The minimum absolute atomic E-state index is 0.0233. The SMILES string of the molecule is CC(C)Oc1ccc(CN2CC[C@@H](N[S@@+]([O-])c3cc(C(F)(F)F)cc(C(F)(F)F)c3)C2)cc1. The summed E-state index contributed by atoms with van der Waals surface area (Å²) in [6.07, 6.45) is -9.35. The van der Waals surface area contributed by atoms with Crippen LogP contribution in [0.2, 0.25) is 0 Å². The van der Waals surface area contributed by atoms with Crippen LogP contribution in [0.1, 0.15) is 37.0 Å². The van der Waals surface area contributed by atoms with Crippen LogP contribution in [0.4, 0.5) is 26.3 Å². The number of nitrogens with zero attached hydrogens (tertiary/aromatic N) is 1. The smallest absolute Gasteiger partial charge is 0.416 e. The van der Waals surface area contributed by atoms with E-state index < -0.39 is 39.7 Å². The second-order valence-electron chi connectivity index (χ2n) is 8.16. The molecule has 33 heavy (non-hydrogen) atoms. The van der Waals surface area contributed by atoms with E-state index in [9.17, 15) is 30.9 Å². The third-order valence-corrected chi connectivity index (χ3v) is 6.23. The molecule has 0 radical (unpaired) electrons. The van der Waals surface area contributed by atoms with Gasteiger partial charge in [0.15, 0.2) is 4.90 Å². The van der Waals surface area contributed by atoms with E-state index in [1.165, 1.54) is 0 Å².